The van der Waals surface area contributed by atoms with Crippen LogP contribution in [0.2, 0.25) is 19.6 Å². The molecule has 8 aromatic carbocycles. The molecule has 0 saturated heterocycles. The number of hydrogen-bond acceptors (Lipinski definition) is 6. The van der Waals surface area contributed by atoms with Crippen molar-refractivity contribution in [2.24, 2.45) is 0 Å². The zero-order valence-electron chi connectivity index (χ0n) is 42.7. The molecule has 4 aliphatic heterocycles. The van der Waals surface area contributed by atoms with Gasteiger partial charge < -0.3 is 23.7 Å². The molecule has 0 saturated carbocycles. The summed E-state index contributed by atoms with van der Waals surface area (Å²) in [5.41, 5.74) is 7.57. The van der Waals surface area contributed by atoms with Crippen LogP contribution in [0.4, 0.5) is 0 Å². The monoisotopic (exact) mass is 1010 g/mol. The first-order chi connectivity index (χ1) is 36.1. The lowest BCUT2D eigenvalue weighted by Gasteiger charge is -2.24. The normalized spacial score (nSPS) is 13.3. The Morgan fingerprint density at radius 2 is 0.851 bits per heavy atom. The fourth-order valence-electron chi connectivity index (χ4n) is 11.4. The van der Waals surface area contributed by atoms with Crippen molar-refractivity contribution in [1.29, 1.82) is 0 Å². The fraction of sp³-hybridized carbons (Fsp3) is 0.175. The predicted molar refractivity (Wildman–Crippen MR) is 300 cm³/mol. The first kappa shape index (κ1) is 45.8. The molecule has 12 aromatic rings. The van der Waals surface area contributed by atoms with E-state index in [4.69, 9.17) is 23.7 Å². The lowest BCUT2D eigenvalue weighted by molar-refractivity contribution is -0.707. The number of nitrogens with zero attached hydrogens (tertiary/aromatic N) is 4. The first-order valence-electron chi connectivity index (χ1n) is 25.2. The van der Waals surface area contributed by atoms with Crippen LogP contribution in [0.25, 0.3) is 86.7 Å². The Labute approximate surface area is 434 Å². The molecule has 0 fully saturated rings. The van der Waals surface area contributed by atoms with E-state index in [1.54, 1.807) is 18.9 Å². The molecule has 0 amide bonds. The van der Waals surface area contributed by atoms with Gasteiger partial charge in [0.2, 0.25) is 22.1 Å². The number of benzene rings is 8. The molecule has 9 nitrogen and oxygen atoms in total. The molecule has 0 unspecified atom stereocenters. The Bertz CT molecular complexity index is 4120. The minimum absolute atomic E-state index is 0.532. The van der Waals surface area contributed by atoms with Crippen LogP contribution < -0.4 is 47.1 Å². The molecule has 0 N–H and O–H groups in total. The van der Waals surface area contributed by atoms with Crippen molar-refractivity contribution in [1.82, 2.24) is 0 Å². The Morgan fingerprint density at radius 3 is 1.41 bits per heavy atom. The molecule has 0 atom stereocenters. The number of rotatable bonds is 3. The van der Waals surface area contributed by atoms with Crippen molar-refractivity contribution < 1.29 is 42.0 Å². The lowest BCUT2D eigenvalue weighted by Crippen LogP contribution is -2.44. The largest absolute Gasteiger partial charge is 0.493 e. The summed E-state index contributed by atoms with van der Waals surface area (Å²) >= 11 is 1.74. The van der Waals surface area contributed by atoms with Crippen molar-refractivity contribution in [3.63, 3.8) is 0 Å². The van der Waals surface area contributed by atoms with Gasteiger partial charge in [-0.1, -0.05) is 80.3 Å². The van der Waals surface area contributed by atoms with Crippen LogP contribution in [-0.2, 0) is 26.9 Å². The van der Waals surface area contributed by atoms with E-state index < -0.39 is 8.07 Å². The maximum absolute atomic E-state index is 6.14. The molecule has 0 bridgehead atoms. The van der Waals surface area contributed by atoms with Crippen LogP contribution in [-0.4, -0.2) is 21.4 Å². The summed E-state index contributed by atoms with van der Waals surface area (Å²) < 4.78 is 38.1. The third-order valence-electron chi connectivity index (χ3n) is 15.0. The van der Waals surface area contributed by atoms with E-state index in [0.29, 0.717) is 26.9 Å². The van der Waals surface area contributed by atoms with E-state index in [0.717, 1.165) is 34.1 Å². The highest BCUT2D eigenvalue weighted by Crippen LogP contribution is 2.42. The summed E-state index contributed by atoms with van der Waals surface area (Å²) in [4.78, 5) is 1.21. The zero-order chi connectivity index (χ0) is 50.4. The molecule has 364 valence electrons. The average Bonchev–Trinajstić information content (AvgIpc) is 3.45. The number of pyridine rings is 4. The highest BCUT2D eigenvalue weighted by molar-refractivity contribution is 7.98. The minimum atomic E-state index is -1.41. The fourth-order valence-corrected chi connectivity index (χ4v) is 13.4. The van der Waals surface area contributed by atoms with Gasteiger partial charge >= 0.3 is 0 Å². The van der Waals surface area contributed by atoms with Crippen molar-refractivity contribution in [3.05, 3.63) is 175 Å². The Morgan fingerprint density at radius 1 is 0.432 bits per heavy atom. The van der Waals surface area contributed by atoms with E-state index in [9.17, 15) is 0 Å². The van der Waals surface area contributed by atoms with Crippen LogP contribution >= 0.6 is 11.8 Å². The molecule has 8 heterocycles. The smallest absolute Gasteiger partial charge is 0.292 e. The summed E-state index contributed by atoms with van der Waals surface area (Å²) in [7, 11) is 0.267. The maximum atomic E-state index is 6.14. The molecule has 0 radical (unpaired) electrons. The second-order valence-corrected chi connectivity index (χ2v) is 26.3. The molecule has 11 heteroatoms. The van der Waals surface area contributed by atoms with Gasteiger partial charge in [0, 0.05) is 52.7 Å². The van der Waals surface area contributed by atoms with E-state index in [1.165, 1.54) is 103 Å². The molecule has 4 aliphatic rings. The highest BCUT2D eigenvalue weighted by atomic mass is 32.2. The van der Waals surface area contributed by atoms with E-state index in [1.807, 2.05) is 18.3 Å². The number of methoxy groups -OCH3 is 1. The Hall–Kier alpha value is -7.99. The van der Waals surface area contributed by atoms with E-state index in [-0.39, 0.29) is 0 Å². The Balaban J connectivity index is 0.0000000953. The van der Waals surface area contributed by atoms with Gasteiger partial charge in [-0.3, -0.25) is 0 Å². The van der Waals surface area contributed by atoms with Gasteiger partial charge in [-0.2, -0.15) is 18.3 Å². The van der Waals surface area contributed by atoms with E-state index in [2.05, 4.69) is 204 Å². The van der Waals surface area contributed by atoms with Gasteiger partial charge in [0.05, 0.1) is 36.2 Å². The molecule has 74 heavy (non-hydrogen) atoms. The summed E-state index contributed by atoms with van der Waals surface area (Å²) in [5, 5.41) is 16.4. The number of aryl methyl sites for hydroxylation is 2. The Kier molecular flexibility index (Phi) is 11.1. The van der Waals surface area contributed by atoms with Crippen molar-refractivity contribution in [2.45, 2.75) is 65.3 Å². The first-order valence-corrected chi connectivity index (χ1v) is 29.9. The summed E-state index contributed by atoms with van der Waals surface area (Å²) in [6.07, 6.45) is 8.32. The zero-order valence-corrected chi connectivity index (χ0v) is 44.5. The number of hydrogen-bond donors (Lipinski definition) is 0. The van der Waals surface area contributed by atoms with Gasteiger partial charge in [0.15, 0.2) is 41.5 Å². The number of aromatic nitrogens is 4. The van der Waals surface area contributed by atoms with E-state index >= 15 is 0 Å². The van der Waals surface area contributed by atoms with Crippen LogP contribution in [0.3, 0.4) is 0 Å². The number of thioether (sulfide) groups is 1. The second kappa shape index (κ2) is 17.9. The van der Waals surface area contributed by atoms with Crippen LogP contribution in [0.5, 0.6) is 28.7 Å². The van der Waals surface area contributed by atoms with Crippen LogP contribution in [0.15, 0.2) is 169 Å². The third-order valence-corrected chi connectivity index (χ3v) is 17.8. The second-order valence-electron chi connectivity index (χ2n) is 20.4. The van der Waals surface area contributed by atoms with Crippen molar-refractivity contribution >= 4 is 112 Å². The van der Waals surface area contributed by atoms with Crippen LogP contribution in [0, 0.1) is 13.8 Å². The highest BCUT2D eigenvalue weighted by Gasteiger charge is 2.31. The average molecular weight is 1010 g/mol. The summed E-state index contributed by atoms with van der Waals surface area (Å²) in [6, 6.07) is 51.6. The molecule has 0 spiro atoms. The standard InChI is InChI=1S/C17H18NOSi.C16H14NO.C15H12NO2.C15H12NOS/c1-20(2,3)14-9-8-12-6-7-13-5-4-10-18-11-19-17(14)15(12)16(13)18;1-10-3-5-12-7-8-13-6-4-11(2)17-9-18-16(10)14(12)15(13)17;1-17-12-7-6-10-4-5-11-3-2-8-16-9-18-15(12)13(10)14(11)16;1-18-12-7-6-10-4-5-11-3-2-8-16-9-17-15(12)13(10)14(11)16/h4-10H,11H2,1-3H3;3-8H,9H2,1-2H3;2*2-8H,9H2,1H3/q4*+1. The van der Waals surface area contributed by atoms with Gasteiger partial charge in [0.1, 0.15) is 16.9 Å². The predicted octanol–water partition coefficient (Wildman–Crippen LogP) is 12.4. The lowest BCUT2D eigenvalue weighted by atomic mass is 10.0. The number of ether oxygens (including phenoxy) is 5. The topological polar surface area (TPSA) is 61.7 Å². The van der Waals surface area contributed by atoms with Gasteiger partial charge in [0.25, 0.3) is 26.9 Å². The van der Waals surface area contributed by atoms with Gasteiger partial charge in [-0.05, 0) is 106 Å². The summed E-state index contributed by atoms with van der Waals surface area (Å²) in [5.74, 6) is 4.86. The SMILES string of the molecule is COc1ccc2ccc3ccc[n+]4c3c2c1OC4.CSc1ccc2ccc3ccc[n+]4c3c2c1OC4.C[Si](C)(C)c1ccc2ccc3ccc[n+]4c3c2c1OC4.Cc1ccc2ccc3ccc(C)[n+]4c3c2c1OC4. The van der Waals surface area contributed by atoms with Crippen molar-refractivity contribution in [3.8, 4) is 28.7 Å². The quantitative estimate of drug-likeness (QED) is 0.0761. The summed E-state index contributed by atoms with van der Waals surface area (Å²) in [6.45, 7) is 13.7. The van der Waals surface area contributed by atoms with Crippen molar-refractivity contribution in [2.75, 3.05) is 13.4 Å². The molecular weight excluding hydrogens is 953 g/mol. The minimum Gasteiger partial charge on any atom is -0.493 e. The maximum Gasteiger partial charge on any atom is 0.292 e. The van der Waals surface area contributed by atoms with Crippen LogP contribution in [0.1, 0.15) is 11.3 Å². The molecule has 4 aromatic heterocycles. The third kappa shape index (κ3) is 7.42. The molecule has 0 aliphatic carbocycles. The molecule has 16 rings (SSSR count). The molecular formula is C63H56N4O5SSi+4. The van der Waals surface area contributed by atoms with Gasteiger partial charge in [-0.15, -0.1) is 11.8 Å². The van der Waals surface area contributed by atoms with Gasteiger partial charge in [-0.25, -0.2) is 0 Å².